The summed E-state index contributed by atoms with van der Waals surface area (Å²) in [5.74, 6) is 1.09. The number of fused-ring (bicyclic) bond motifs is 1. The van der Waals surface area contributed by atoms with Crippen molar-refractivity contribution in [1.82, 2.24) is 4.57 Å². The zero-order chi connectivity index (χ0) is 22.4. The Kier molecular flexibility index (Phi) is 7.92. The standard InChI is InChI=1S/C23H26N2O4S2/c1-15-12-16(2)22-19(13-15)25(14-21(27)29-4)23(31-22)24-20(26)6-5-11-30-18-9-7-17(28-3)8-10-18/h7-10,12-13H,5-6,11,14H2,1-4H3. The number of thiazole rings is 1. The maximum absolute atomic E-state index is 12.5. The van der Waals surface area contributed by atoms with Gasteiger partial charge in [-0.15, -0.1) is 11.8 Å². The topological polar surface area (TPSA) is 69.9 Å². The Morgan fingerprint density at radius 1 is 1.13 bits per heavy atom. The number of amides is 1. The van der Waals surface area contributed by atoms with Crippen molar-refractivity contribution in [2.24, 2.45) is 4.99 Å². The van der Waals surface area contributed by atoms with Crippen LogP contribution in [-0.2, 0) is 20.9 Å². The molecule has 31 heavy (non-hydrogen) atoms. The summed E-state index contributed by atoms with van der Waals surface area (Å²) in [7, 11) is 3.00. The fraction of sp³-hybridized carbons (Fsp3) is 0.348. The molecule has 3 aromatic rings. The Hall–Kier alpha value is -2.58. The number of esters is 1. The lowest BCUT2D eigenvalue weighted by molar-refractivity contribution is -0.141. The molecule has 0 aliphatic carbocycles. The van der Waals surface area contributed by atoms with E-state index in [0.717, 1.165) is 44.2 Å². The molecule has 0 unspecified atom stereocenters. The van der Waals surface area contributed by atoms with Crippen molar-refractivity contribution in [3.05, 3.63) is 52.3 Å². The predicted octanol–water partition coefficient (Wildman–Crippen LogP) is 4.50. The van der Waals surface area contributed by atoms with Gasteiger partial charge in [-0.25, -0.2) is 0 Å². The number of hydrogen-bond donors (Lipinski definition) is 0. The Morgan fingerprint density at radius 2 is 1.87 bits per heavy atom. The number of methoxy groups -OCH3 is 2. The molecule has 0 spiro atoms. The Labute approximate surface area is 189 Å². The van der Waals surface area contributed by atoms with Crippen molar-refractivity contribution in [2.45, 2.75) is 38.1 Å². The molecule has 8 heteroatoms. The molecular weight excluding hydrogens is 432 g/mol. The van der Waals surface area contributed by atoms with Crippen LogP contribution in [0.25, 0.3) is 10.2 Å². The fourth-order valence-corrected chi connectivity index (χ4v) is 5.14. The average molecular weight is 459 g/mol. The van der Waals surface area contributed by atoms with Gasteiger partial charge in [-0.05, 0) is 67.5 Å². The Bertz CT molecular complexity index is 1150. The van der Waals surface area contributed by atoms with E-state index < -0.39 is 0 Å². The van der Waals surface area contributed by atoms with Gasteiger partial charge in [0.1, 0.15) is 12.3 Å². The molecule has 1 amide bonds. The van der Waals surface area contributed by atoms with Crippen LogP contribution < -0.4 is 9.54 Å². The summed E-state index contributed by atoms with van der Waals surface area (Å²) >= 11 is 3.13. The van der Waals surface area contributed by atoms with E-state index in [2.05, 4.69) is 11.1 Å². The fourth-order valence-electron chi connectivity index (χ4n) is 3.19. The number of ether oxygens (including phenoxy) is 2. The molecule has 0 fully saturated rings. The van der Waals surface area contributed by atoms with Gasteiger partial charge in [0.15, 0.2) is 4.80 Å². The highest BCUT2D eigenvalue weighted by Crippen LogP contribution is 2.24. The van der Waals surface area contributed by atoms with E-state index in [4.69, 9.17) is 9.47 Å². The molecule has 6 nitrogen and oxygen atoms in total. The van der Waals surface area contributed by atoms with Gasteiger partial charge < -0.3 is 14.0 Å². The van der Waals surface area contributed by atoms with Crippen molar-refractivity contribution in [3.8, 4) is 5.75 Å². The first-order valence-electron chi connectivity index (χ1n) is 9.93. The summed E-state index contributed by atoms with van der Waals surface area (Å²) in [4.78, 5) is 30.5. The first-order chi connectivity index (χ1) is 14.9. The van der Waals surface area contributed by atoms with Gasteiger partial charge in [0.25, 0.3) is 0 Å². The monoisotopic (exact) mass is 458 g/mol. The quantitative estimate of drug-likeness (QED) is 0.282. The summed E-state index contributed by atoms with van der Waals surface area (Å²) < 4.78 is 12.8. The number of carbonyl (C=O) groups excluding carboxylic acids is 2. The molecule has 0 saturated heterocycles. The smallest absolute Gasteiger partial charge is 0.325 e. The molecule has 0 N–H and O–H groups in total. The lowest BCUT2D eigenvalue weighted by Gasteiger charge is -2.05. The SMILES string of the molecule is COC(=O)Cn1c(=NC(=O)CCCSc2ccc(OC)cc2)sc2c(C)cc(C)cc21. The lowest BCUT2D eigenvalue weighted by atomic mass is 10.1. The Balaban J connectivity index is 1.72. The van der Waals surface area contributed by atoms with Gasteiger partial charge in [0.2, 0.25) is 5.91 Å². The highest BCUT2D eigenvalue weighted by molar-refractivity contribution is 7.99. The number of rotatable bonds is 8. The molecule has 3 rings (SSSR count). The maximum Gasteiger partial charge on any atom is 0.325 e. The van der Waals surface area contributed by atoms with Gasteiger partial charge in [-0.1, -0.05) is 17.4 Å². The maximum atomic E-state index is 12.5. The predicted molar refractivity (Wildman–Crippen MR) is 125 cm³/mol. The van der Waals surface area contributed by atoms with Crippen molar-refractivity contribution in [2.75, 3.05) is 20.0 Å². The molecule has 0 aliphatic rings. The highest BCUT2D eigenvalue weighted by Gasteiger charge is 2.13. The number of hydrogen-bond acceptors (Lipinski definition) is 6. The molecule has 0 aliphatic heterocycles. The third-order valence-corrected chi connectivity index (χ3v) is 7.04. The van der Waals surface area contributed by atoms with Crippen LogP contribution in [-0.4, -0.2) is 36.4 Å². The van der Waals surface area contributed by atoms with Gasteiger partial charge in [0.05, 0.1) is 24.4 Å². The van der Waals surface area contributed by atoms with Crippen LogP contribution in [0.5, 0.6) is 5.75 Å². The Morgan fingerprint density at radius 3 is 2.55 bits per heavy atom. The van der Waals surface area contributed by atoms with E-state index in [9.17, 15) is 9.59 Å². The van der Waals surface area contributed by atoms with Crippen LogP contribution in [0, 0.1) is 13.8 Å². The molecule has 0 atom stereocenters. The van der Waals surface area contributed by atoms with Crippen LogP contribution in [0.1, 0.15) is 24.0 Å². The largest absolute Gasteiger partial charge is 0.497 e. The minimum atomic E-state index is -0.372. The van der Waals surface area contributed by atoms with E-state index in [-0.39, 0.29) is 18.4 Å². The van der Waals surface area contributed by atoms with Crippen LogP contribution in [0.2, 0.25) is 0 Å². The number of aromatic nitrogens is 1. The molecule has 0 radical (unpaired) electrons. The number of thioether (sulfide) groups is 1. The molecule has 0 bridgehead atoms. The second-order valence-electron chi connectivity index (χ2n) is 7.11. The summed E-state index contributed by atoms with van der Waals surface area (Å²) in [5, 5.41) is 0. The van der Waals surface area contributed by atoms with Gasteiger partial charge in [-0.2, -0.15) is 4.99 Å². The molecule has 0 saturated carbocycles. The van der Waals surface area contributed by atoms with Crippen molar-refractivity contribution >= 4 is 45.2 Å². The van der Waals surface area contributed by atoms with Gasteiger partial charge in [0, 0.05) is 11.3 Å². The van der Waals surface area contributed by atoms with E-state index in [0.29, 0.717) is 11.2 Å². The van der Waals surface area contributed by atoms with Crippen LogP contribution >= 0.6 is 23.1 Å². The summed E-state index contributed by atoms with van der Waals surface area (Å²) in [6.07, 6.45) is 1.08. The van der Waals surface area contributed by atoms with E-state index in [1.165, 1.54) is 18.4 Å². The molecule has 2 aromatic carbocycles. The molecule has 164 valence electrons. The van der Waals surface area contributed by atoms with Crippen LogP contribution in [0.4, 0.5) is 0 Å². The molecular formula is C23H26N2O4S2. The minimum Gasteiger partial charge on any atom is -0.497 e. The van der Waals surface area contributed by atoms with E-state index in [1.807, 2.05) is 44.2 Å². The van der Waals surface area contributed by atoms with E-state index >= 15 is 0 Å². The third kappa shape index (κ3) is 5.98. The third-order valence-electron chi connectivity index (χ3n) is 4.71. The molecule has 1 aromatic heterocycles. The average Bonchev–Trinajstić information content (AvgIpc) is 3.08. The second kappa shape index (κ2) is 10.6. The van der Waals surface area contributed by atoms with Crippen molar-refractivity contribution in [1.29, 1.82) is 0 Å². The molecule has 1 heterocycles. The van der Waals surface area contributed by atoms with Gasteiger partial charge in [-0.3, -0.25) is 9.59 Å². The lowest BCUT2D eigenvalue weighted by Crippen LogP contribution is -2.22. The minimum absolute atomic E-state index is 0.0266. The van der Waals surface area contributed by atoms with E-state index in [1.54, 1.807) is 23.4 Å². The van der Waals surface area contributed by atoms with Crippen molar-refractivity contribution < 1.29 is 19.1 Å². The zero-order valence-electron chi connectivity index (χ0n) is 18.1. The van der Waals surface area contributed by atoms with Crippen molar-refractivity contribution in [3.63, 3.8) is 0 Å². The number of nitrogens with zero attached hydrogens (tertiary/aromatic N) is 2. The summed E-state index contributed by atoms with van der Waals surface area (Å²) in [6, 6.07) is 12.0. The first-order valence-corrected chi connectivity index (χ1v) is 11.7. The normalized spacial score (nSPS) is 11.7. The summed E-state index contributed by atoms with van der Waals surface area (Å²) in [5.41, 5.74) is 3.09. The second-order valence-corrected chi connectivity index (χ2v) is 9.26. The van der Waals surface area contributed by atoms with Crippen LogP contribution in [0.15, 0.2) is 46.3 Å². The zero-order valence-corrected chi connectivity index (χ0v) is 19.8. The summed E-state index contributed by atoms with van der Waals surface area (Å²) in [6.45, 7) is 4.06. The number of carbonyl (C=O) groups is 2. The van der Waals surface area contributed by atoms with Crippen LogP contribution in [0.3, 0.4) is 0 Å². The number of benzene rings is 2. The first kappa shape index (κ1) is 23.1. The highest BCUT2D eigenvalue weighted by atomic mass is 32.2. The van der Waals surface area contributed by atoms with Gasteiger partial charge >= 0.3 is 5.97 Å². The number of aryl methyl sites for hydroxylation is 2.